The first kappa shape index (κ1) is 13.0. The molecule has 0 heterocycles. The van der Waals surface area contributed by atoms with Crippen LogP contribution in [0.4, 0.5) is 4.79 Å². The van der Waals surface area contributed by atoms with Crippen molar-refractivity contribution in [1.29, 1.82) is 0 Å². The molecule has 0 bridgehead atoms. The van der Waals surface area contributed by atoms with E-state index >= 15 is 0 Å². The van der Waals surface area contributed by atoms with Crippen LogP contribution in [0.5, 0.6) is 0 Å². The minimum absolute atomic E-state index is 0.337. The van der Waals surface area contributed by atoms with Gasteiger partial charge in [-0.3, -0.25) is 0 Å². The summed E-state index contributed by atoms with van der Waals surface area (Å²) in [5, 5.41) is 2.61. The van der Waals surface area contributed by atoms with Gasteiger partial charge >= 0.3 is 6.09 Å². The van der Waals surface area contributed by atoms with Crippen LogP contribution in [0.2, 0.25) is 0 Å². The van der Waals surface area contributed by atoms with Gasteiger partial charge in [-0.2, -0.15) is 0 Å². The smallest absolute Gasteiger partial charge is 0.407 e. The van der Waals surface area contributed by atoms with E-state index in [9.17, 15) is 4.79 Å². The third-order valence-electron chi connectivity index (χ3n) is 3.91. The standard InChI is InChI=1S/C15H21NO2/c1-2-10-16-15(17)18-11-9-14-12-7-5-3-4-6-8-13(12)14/h2,12-14H,1,5-11H2,(H,16,17)/t12-,13+,14?. The van der Waals surface area contributed by atoms with E-state index in [-0.39, 0.29) is 6.09 Å². The van der Waals surface area contributed by atoms with Gasteiger partial charge in [0, 0.05) is 19.4 Å². The van der Waals surface area contributed by atoms with Crippen LogP contribution in [0.3, 0.4) is 0 Å². The Labute approximate surface area is 109 Å². The maximum Gasteiger partial charge on any atom is 0.407 e. The highest BCUT2D eigenvalue weighted by Gasteiger charge is 2.47. The maximum absolute atomic E-state index is 11.2. The first-order chi connectivity index (χ1) is 8.83. The fraction of sp³-hybridized carbons (Fsp3) is 0.667. The lowest BCUT2D eigenvalue weighted by Gasteiger charge is -2.04. The van der Waals surface area contributed by atoms with Crippen LogP contribution >= 0.6 is 0 Å². The molecule has 0 aromatic carbocycles. The topological polar surface area (TPSA) is 38.3 Å². The summed E-state index contributed by atoms with van der Waals surface area (Å²) in [6.45, 7) is 4.53. The zero-order chi connectivity index (χ0) is 12.8. The van der Waals surface area contributed by atoms with E-state index in [1.54, 1.807) is 6.08 Å². The summed E-state index contributed by atoms with van der Waals surface area (Å²) in [6, 6.07) is 0. The fourth-order valence-electron chi connectivity index (χ4n) is 2.96. The van der Waals surface area contributed by atoms with E-state index in [1.807, 2.05) is 0 Å². The molecule has 98 valence electrons. The van der Waals surface area contributed by atoms with Crippen LogP contribution in [-0.2, 0) is 4.74 Å². The van der Waals surface area contributed by atoms with Crippen LogP contribution in [0, 0.1) is 29.6 Å². The summed E-state index contributed by atoms with van der Waals surface area (Å²) in [6.07, 6.45) is 6.84. The molecule has 1 N–H and O–H groups in total. The minimum atomic E-state index is -0.337. The van der Waals surface area contributed by atoms with Crippen molar-refractivity contribution >= 4 is 6.09 Å². The van der Waals surface area contributed by atoms with Crippen molar-refractivity contribution in [3.05, 3.63) is 12.7 Å². The first-order valence-corrected chi connectivity index (χ1v) is 6.80. The summed E-state index contributed by atoms with van der Waals surface area (Å²) in [7, 11) is 0. The summed E-state index contributed by atoms with van der Waals surface area (Å²) >= 11 is 0. The Balaban J connectivity index is 1.61. The quantitative estimate of drug-likeness (QED) is 0.599. The van der Waals surface area contributed by atoms with E-state index in [0.717, 1.165) is 37.0 Å². The Kier molecular flexibility index (Phi) is 4.69. The van der Waals surface area contributed by atoms with Gasteiger partial charge in [0.1, 0.15) is 0 Å². The van der Waals surface area contributed by atoms with Gasteiger partial charge in [0.05, 0.1) is 6.61 Å². The second kappa shape index (κ2) is 6.49. The highest BCUT2D eigenvalue weighted by atomic mass is 16.5. The van der Waals surface area contributed by atoms with E-state index in [2.05, 4.69) is 23.7 Å². The van der Waals surface area contributed by atoms with Gasteiger partial charge in [0.25, 0.3) is 0 Å². The molecule has 3 atom stereocenters. The maximum atomic E-state index is 11.2. The molecular weight excluding hydrogens is 226 g/mol. The molecule has 1 amide bonds. The largest absolute Gasteiger partial charge is 0.450 e. The van der Waals surface area contributed by atoms with Crippen molar-refractivity contribution in [2.45, 2.75) is 32.1 Å². The van der Waals surface area contributed by atoms with Crippen molar-refractivity contribution in [1.82, 2.24) is 5.32 Å². The van der Waals surface area contributed by atoms with Crippen LogP contribution < -0.4 is 5.32 Å². The van der Waals surface area contributed by atoms with Crippen LogP contribution in [0.15, 0.2) is 12.7 Å². The molecule has 3 heteroatoms. The van der Waals surface area contributed by atoms with E-state index in [4.69, 9.17) is 4.74 Å². The second-order valence-electron chi connectivity index (χ2n) is 5.02. The van der Waals surface area contributed by atoms with E-state index in [0.29, 0.717) is 13.2 Å². The number of amides is 1. The van der Waals surface area contributed by atoms with Gasteiger partial charge in [0.15, 0.2) is 0 Å². The van der Waals surface area contributed by atoms with E-state index in [1.165, 1.54) is 12.8 Å². The molecule has 1 saturated carbocycles. The van der Waals surface area contributed by atoms with Crippen LogP contribution in [0.25, 0.3) is 0 Å². The first-order valence-electron chi connectivity index (χ1n) is 6.80. The predicted molar refractivity (Wildman–Crippen MR) is 70.9 cm³/mol. The third kappa shape index (κ3) is 3.53. The lowest BCUT2D eigenvalue weighted by Crippen LogP contribution is -2.24. The zero-order valence-corrected chi connectivity index (χ0v) is 10.8. The van der Waals surface area contributed by atoms with Gasteiger partial charge in [-0.25, -0.2) is 4.79 Å². The molecule has 1 unspecified atom stereocenters. The van der Waals surface area contributed by atoms with Crippen molar-refractivity contribution in [2.75, 3.05) is 13.2 Å². The molecule has 18 heavy (non-hydrogen) atoms. The SMILES string of the molecule is C=CCNC(=O)OCCC1[C@H]2CCC#CCC[C@@H]12. The van der Waals surface area contributed by atoms with Crippen molar-refractivity contribution in [3.8, 4) is 11.8 Å². The number of alkyl carbamates (subject to hydrolysis) is 1. The Morgan fingerprint density at radius 1 is 1.33 bits per heavy atom. The molecule has 0 aromatic heterocycles. The number of ether oxygens (including phenoxy) is 1. The molecule has 0 aromatic rings. The molecule has 0 aliphatic heterocycles. The minimum Gasteiger partial charge on any atom is -0.450 e. The number of hydrogen-bond acceptors (Lipinski definition) is 2. The molecule has 2 rings (SSSR count). The molecule has 2 aliphatic rings. The van der Waals surface area contributed by atoms with Gasteiger partial charge in [0.2, 0.25) is 0 Å². The van der Waals surface area contributed by atoms with Gasteiger partial charge in [-0.15, -0.1) is 18.4 Å². The molecule has 0 radical (unpaired) electrons. The van der Waals surface area contributed by atoms with Crippen LogP contribution in [-0.4, -0.2) is 19.2 Å². The summed E-state index contributed by atoms with van der Waals surface area (Å²) < 4.78 is 5.13. The van der Waals surface area contributed by atoms with Crippen molar-refractivity contribution in [3.63, 3.8) is 0 Å². The Morgan fingerprint density at radius 2 is 2.00 bits per heavy atom. The van der Waals surface area contributed by atoms with Crippen molar-refractivity contribution in [2.24, 2.45) is 17.8 Å². The lowest BCUT2D eigenvalue weighted by molar-refractivity contribution is 0.143. The average Bonchev–Trinajstić information content (AvgIpc) is 2.96. The summed E-state index contributed by atoms with van der Waals surface area (Å²) in [4.78, 5) is 11.2. The Morgan fingerprint density at radius 3 is 2.61 bits per heavy atom. The van der Waals surface area contributed by atoms with Crippen LogP contribution in [0.1, 0.15) is 32.1 Å². The van der Waals surface area contributed by atoms with Gasteiger partial charge < -0.3 is 10.1 Å². The van der Waals surface area contributed by atoms with Gasteiger partial charge in [-0.05, 0) is 37.0 Å². The second-order valence-corrected chi connectivity index (χ2v) is 5.02. The lowest BCUT2D eigenvalue weighted by atomic mass is 10.1. The monoisotopic (exact) mass is 247 g/mol. The van der Waals surface area contributed by atoms with E-state index < -0.39 is 0 Å². The molecule has 0 saturated heterocycles. The number of nitrogens with one attached hydrogen (secondary N) is 1. The predicted octanol–water partition coefficient (Wildman–Crippen LogP) is 2.73. The molecule has 3 nitrogen and oxygen atoms in total. The number of carbonyl (C=O) groups is 1. The Bertz CT molecular complexity index is 348. The molecule has 2 aliphatic carbocycles. The summed E-state index contributed by atoms with van der Waals surface area (Å²) in [5.41, 5.74) is 0. The summed E-state index contributed by atoms with van der Waals surface area (Å²) in [5.74, 6) is 8.83. The number of carbonyl (C=O) groups excluding carboxylic acids is 1. The number of hydrogen-bond donors (Lipinski definition) is 1. The normalized spacial score (nSPS) is 28.8. The Hall–Kier alpha value is -1.43. The number of fused-ring (bicyclic) bond motifs is 1. The average molecular weight is 247 g/mol. The molecule has 1 fully saturated rings. The zero-order valence-electron chi connectivity index (χ0n) is 10.8. The fourth-order valence-corrected chi connectivity index (χ4v) is 2.96. The highest BCUT2D eigenvalue weighted by molar-refractivity contribution is 5.67. The van der Waals surface area contributed by atoms with Crippen molar-refractivity contribution < 1.29 is 9.53 Å². The van der Waals surface area contributed by atoms with Gasteiger partial charge in [-0.1, -0.05) is 6.08 Å². The molecule has 0 spiro atoms. The number of rotatable bonds is 5. The highest BCUT2D eigenvalue weighted by Crippen LogP contribution is 2.54. The third-order valence-corrected chi connectivity index (χ3v) is 3.91. The molecular formula is C15H21NO2.